The molecule has 0 radical (unpaired) electrons. The van der Waals surface area contributed by atoms with Crippen molar-refractivity contribution in [2.45, 2.75) is 25.8 Å². The number of hydrogen-bond donors (Lipinski definition) is 1. The molecule has 1 amide bonds. The van der Waals surface area contributed by atoms with Crippen LogP contribution in [0.15, 0.2) is 40.8 Å². The predicted octanol–water partition coefficient (Wildman–Crippen LogP) is 3.61. The van der Waals surface area contributed by atoms with Gasteiger partial charge >= 0.3 is 0 Å². The maximum Gasteiger partial charge on any atom is 0.287 e. The van der Waals surface area contributed by atoms with Gasteiger partial charge in [-0.1, -0.05) is 0 Å². The minimum atomic E-state index is -0.288. The summed E-state index contributed by atoms with van der Waals surface area (Å²) in [6.07, 6.45) is -0.181. The van der Waals surface area contributed by atoms with Crippen molar-refractivity contribution < 1.29 is 18.7 Å². The monoisotopic (exact) mass is 337 g/mol. The van der Waals surface area contributed by atoms with E-state index in [4.69, 9.17) is 25.5 Å². The second-order valence-electron chi connectivity index (χ2n) is 4.94. The highest BCUT2D eigenvalue weighted by Gasteiger charge is 2.12. The Morgan fingerprint density at radius 1 is 1.22 bits per heavy atom. The Morgan fingerprint density at radius 3 is 2.52 bits per heavy atom. The fraction of sp³-hybridized carbons (Fsp3) is 0.353. The van der Waals surface area contributed by atoms with Gasteiger partial charge in [-0.3, -0.25) is 4.79 Å². The first-order chi connectivity index (χ1) is 11.1. The van der Waals surface area contributed by atoms with E-state index < -0.39 is 0 Å². The van der Waals surface area contributed by atoms with Gasteiger partial charge < -0.3 is 19.2 Å². The summed E-state index contributed by atoms with van der Waals surface area (Å²) < 4.78 is 16.4. The molecule has 1 atom stereocenters. The summed E-state index contributed by atoms with van der Waals surface area (Å²) >= 11 is 5.64. The number of halogens is 1. The molecule has 0 bridgehead atoms. The second-order valence-corrected chi connectivity index (χ2v) is 5.21. The van der Waals surface area contributed by atoms with Crippen LogP contribution in [-0.4, -0.2) is 25.2 Å². The number of furan rings is 1. The summed E-state index contributed by atoms with van der Waals surface area (Å²) in [5, 5.41) is 2.76. The Labute approximate surface area is 140 Å². The van der Waals surface area contributed by atoms with Gasteiger partial charge in [0.1, 0.15) is 23.4 Å². The van der Waals surface area contributed by atoms with Crippen LogP contribution in [0.5, 0.6) is 11.5 Å². The Morgan fingerprint density at radius 2 is 1.91 bits per heavy atom. The molecular formula is C17H20ClNO4. The Kier molecular flexibility index (Phi) is 6.35. The molecule has 0 saturated carbocycles. The van der Waals surface area contributed by atoms with Gasteiger partial charge in [0, 0.05) is 0 Å². The number of benzene rings is 1. The number of carbonyl (C=O) groups is 1. The molecule has 1 unspecified atom stereocenters. The molecule has 0 fully saturated rings. The Hall–Kier alpha value is -2.14. The number of amides is 1. The molecule has 6 heteroatoms. The van der Waals surface area contributed by atoms with E-state index in [0.29, 0.717) is 18.9 Å². The van der Waals surface area contributed by atoms with Gasteiger partial charge in [0.2, 0.25) is 0 Å². The number of carbonyl (C=O) groups excluding carboxylic acids is 1. The molecule has 5 nitrogen and oxygen atoms in total. The van der Waals surface area contributed by atoms with Crippen LogP contribution < -0.4 is 14.8 Å². The highest BCUT2D eigenvalue weighted by Crippen LogP contribution is 2.18. The van der Waals surface area contributed by atoms with E-state index in [2.05, 4.69) is 5.32 Å². The molecular weight excluding hydrogens is 318 g/mol. The van der Waals surface area contributed by atoms with E-state index in [1.54, 1.807) is 12.1 Å². The maximum absolute atomic E-state index is 11.9. The van der Waals surface area contributed by atoms with E-state index >= 15 is 0 Å². The number of alkyl halides is 1. The van der Waals surface area contributed by atoms with Crippen LogP contribution in [-0.2, 0) is 5.88 Å². The van der Waals surface area contributed by atoms with Crippen molar-refractivity contribution in [1.29, 1.82) is 0 Å². The molecule has 2 rings (SSSR count). The summed E-state index contributed by atoms with van der Waals surface area (Å²) in [6, 6.07) is 10.7. The summed E-state index contributed by atoms with van der Waals surface area (Å²) in [5.74, 6) is 2.28. The third kappa shape index (κ3) is 5.21. The van der Waals surface area contributed by atoms with Crippen LogP contribution in [0.25, 0.3) is 0 Å². The fourth-order valence-electron chi connectivity index (χ4n) is 1.95. The topological polar surface area (TPSA) is 60.7 Å². The van der Waals surface area contributed by atoms with E-state index in [9.17, 15) is 4.79 Å². The van der Waals surface area contributed by atoms with Gasteiger partial charge in [-0.05, 0) is 50.2 Å². The molecule has 1 heterocycles. The average molecular weight is 338 g/mol. The van der Waals surface area contributed by atoms with Crippen LogP contribution in [0.2, 0.25) is 0 Å². The first kappa shape index (κ1) is 17.2. The zero-order valence-corrected chi connectivity index (χ0v) is 13.9. The molecule has 1 aromatic carbocycles. The molecule has 2 aromatic rings. The zero-order valence-electron chi connectivity index (χ0n) is 13.2. The molecule has 1 N–H and O–H groups in total. The molecule has 1 aromatic heterocycles. The Balaban J connectivity index is 1.80. The first-order valence-electron chi connectivity index (χ1n) is 7.44. The van der Waals surface area contributed by atoms with Gasteiger partial charge in [-0.15, -0.1) is 11.6 Å². The van der Waals surface area contributed by atoms with Crippen molar-refractivity contribution in [2.75, 3.05) is 13.2 Å². The minimum Gasteiger partial charge on any atom is -0.494 e. The summed E-state index contributed by atoms with van der Waals surface area (Å²) in [6.45, 7) is 4.80. The van der Waals surface area contributed by atoms with Crippen molar-refractivity contribution in [3.8, 4) is 11.5 Å². The number of ether oxygens (including phenoxy) is 2. The van der Waals surface area contributed by atoms with E-state index in [0.717, 1.165) is 11.5 Å². The SMILES string of the molecule is CCOc1ccc(OC(C)CNC(=O)c2ccc(CCl)o2)cc1. The average Bonchev–Trinajstić information content (AvgIpc) is 3.04. The van der Waals surface area contributed by atoms with Gasteiger partial charge in [-0.25, -0.2) is 0 Å². The molecule has 0 aliphatic heterocycles. The molecule has 0 aliphatic carbocycles. The summed E-state index contributed by atoms with van der Waals surface area (Å²) in [7, 11) is 0. The van der Waals surface area contributed by atoms with Gasteiger partial charge in [0.15, 0.2) is 5.76 Å². The zero-order chi connectivity index (χ0) is 16.7. The Bertz CT molecular complexity index is 624. The van der Waals surface area contributed by atoms with Crippen LogP contribution in [0.1, 0.15) is 30.2 Å². The number of nitrogens with one attached hydrogen (secondary N) is 1. The van der Waals surface area contributed by atoms with Crippen LogP contribution in [0.3, 0.4) is 0 Å². The first-order valence-corrected chi connectivity index (χ1v) is 7.98. The minimum absolute atomic E-state index is 0.181. The standard InChI is InChI=1S/C17H20ClNO4/c1-3-21-13-4-6-14(7-5-13)22-12(2)11-19-17(20)16-9-8-15(10-18)23-16/h4-9,12H,3,10-11H2,1-2H3,(H,19,20). The van der Waals surface area contributed by atoms with Gasteiger partial charge in [0.05, 0.1) is 19.0 Å². The van der Waals surface area contributed by atoms with Crippen LogP contribution in [0.4, 0.5) is 0 Å². The third-order valence-electron chi connectivity index (χ3n) is 3.04. The highest BCUT2D eigenvalue weighted by atomic mass is 35.5. The predicted molar refractivity (Wildman–Crippen MR) is 88.3 cm³/mol. The van der Waals surface area contributed by atoms with Crippen molar-refractivity contribution in [1.82, 2.24) is 5.32 Å². The lowest BCUT2D eigenvalue weighted by atomic mass is 10.3. The maximum atomic E-state index is 11.9. The van der Waals surface area contributed by atoms with Crippen molar-refractivity contribution in [3.05, 3.63) is 47.9 Å². The van der Waals surface area contributed by atoms with Crippen molar-refractivity contribution in [2.24, 2.45) is 0 Å². The van der Waals surface area contributed by atoms with Crippen LogP contribution in [0, 0.1) is 0 Å². The number of hydrogen-bond acceptors (Lipinski definition) is 4. The normalized spacial score (nSPS) is 11.8. The number of rotatable bonds is 8. The molecule has 23 heavy (non-hydrogen) atoms. The lowest BCUT2D eigenvalue weighted by Crippen LogP contribution is -2.33. The van der Waals surface area contributed by atoms with E-state index in [1.807, 2.05) is 38.1 Å². The fourth-order valence-corrected chi connectivity index (χ4v) is 2.09. The highest BCUT2D eigenvalue weighted by molar-refractivity contribution is 6.16. The quantitative estimate of drug-likeness (QED) is 0.747. The van der Waals surface area contributed by atoms with Crippen LogP contribution >= 0.6 is 11.6 Å². The van der Waals surface area contributed by atoms with E-state index in [-0.39, 0.29) is 23.7 Å². The third-order valence-corrected chi connectivity index (χ3v) is 3.30. The van der Waals surface area contributed by atoms with E-state index in [1.165, 1.54) is 0 Å². The largest absolute Gasteiger partial charge is 0.494 e. The molecule has 0 saturated heterocycles. The summed E-state index contributed by atoms with van der Waals surface area (Å²) in [4.78, 5) is 11.9. The second kappa shape index (κ2) is 8.48. The van der Waals surface area contributed by atoms with Crippen molar-refractivity contribution >= 4 is 17.5 Å². The van der Waals surface area contributed by atoms with Gasteiger partial charge in [0.25, 0.3) is 5.91 Å². The van der Waals surface area contributed by atoms with Crippen molar-refractivity contribution in [3.63, 3.8) is 0 Å². The molecule has 0 spiro atoms. The van der Waals surface area contributed by atoms with Gasteiger partial charge in [-0.2, -0.15) is 0 Å². The lowest BCUT2D eigenvalue weighted by molar-refractivity contribution is 0.0903. The molecule has 124 valence electrons. The lowest BCUT2D eigenvalue weighted by Gasteiger charge is -2.15. The summed E-state index contributed by atoms with van der Waals surface area (Å²) in [5.41, 5.74) is 0. The smallest absolute Gasteiger partial charge is 0.287 e. The molecule has 0 aliphatic rings.